The Morgan fingerprint density at radius 2 is 1.79 bits per heavy atom. The summed E-state index contributed by atoms with van der Waals surface area (Å²) < 4.78 is 33.1. The molecule has 8 heteroatoms. The number of aromatic nitrogens is 2. The summed E-state index contributed by atoms with van der Waals surface area (Å²) >= 11 is 0. The van der Waals surface area contributed by atoms with Crippen LogP contribution in [-0.4, -0.2) is 22.5 Å². The maximum Gasteiger partial charge on any atom is 0.274 e. The molecule has 0 radical (unpaired) electrons. The van der Waals surface area contributed by atoms with Crippen LogP contribution in [0.15, 0.2) is 48.5 Å². The molecule has 0 spiro atoms. The van der Waals surface area contributed by atoms with Crippen LogP contribution >= 0.6 is 0 Å². The van der Waals surface area contributed by atoms with Crippen molar-refractivity contribution >= 4 is 23.1 Å². The van der Waals surface area contributed by atoms with Gasteiger partial charge >= 0.3 is 0 Å². The highest BCUT2D eigenvalue weighted by atomic mass is 19.1. The minimum Gasteiger partial charge on any atom is -0.492 e. The van der Waals surface area contributed by atoms with E-state index >= 15 is 0 Å². The second-order valence-corrected chi connectivity index (χ2v) is 5.79. The van der Waals surface area contributed by atoms with Crippen molar-refractivity contribution in [3.63, 3.8) is 0 Å². The van der Waals surface area contributed by atoms with Gasteiger partial charge in [-0.05, 0) is 38.1 Å². The van der Waals surface area contributed by atoms with Crippen LogP contribution in [0.3, 0.4) is 0 Å². The minimum atomic E-state index is -0.872. The number of nitrogens with one attached hydrogen (secondary N) is 2. The van der Waals surface area contributed by atoms with Gasteiger partial charge in [0.15, 0.2) is 0 Å². The first kappa shape index (κ1) is 19.2. The van der Waals surface area contributed by atoms with E-state index < -0.39 is 23.2 Å². The molecule has 1 amide bonds. The molecule has 144 valence electrons. The Labute approximate surface area is 160 Å². The maximum atomic E-state index is 13.8. The van der Waals surface area contributed by atoms with Crippen molar-refractivity contribution in [1.82, 2.24) is 9.97 Å². The van der Waals surface area contributed by atoms with Crippen LogP contribution in [-0.2, 0) is 0 Å². The smallest absolute Gasteiger partial charge is 0.274 e. The van der Waals surface area contributed by atoms with Crippen LogP contribution in [0.25, 0.3) is 0 Å². The number of hydrogen-bond acceptors (Lipinski definition) is 5. The van der Waals surface area contributed by atoms with Gasteiger partial charge in [-0.3, -0.25) is 4.79 Å². The van der Waals surface area contributed by atoms with E-state index in [4.69, 9.17) is 4.74 Å². The van der Waals surface area contributed by atoms with Crippen LogP contribution in [0.2, 0.25) is 0 Å². The van der Waals surface area contributed by atoms with Crippen molar-refractivity contribution in [1.29, 1.82) is 0 Å². The molecular weight excluding hydrogens is 366 g/mol. The third-order valence-electron chi connectivity index (χ3n) is 3.72. The van der Waals surface area contributed by atoms with Crippen molar-refractivity contribution in [2.45, 2.75) is 13.8 Å². The number of anilines is 3. The van der Waals surface area contributed by atoms with E-state index in [1.54, 1.807) is 19.1 Å². The maximum absolute atomic E-state index is 13.8. The number of halogens is 2. The Morgan fingerprint density at radius 1 is 1.07 bits per heavy atom. The molecule has 0 fully saturated rings. The molecule has 3 rings (SSSR count). The van der Waals surface area contributed by atoms with Crippen LogP contribution < -0.4 is 15.4 Å². The number of para-hydroxylation sites is 3. The Kier molecular flexibility index (Phi) is 5.78. The van der Waals surface area contributed by atoms with E-state index in [1.807, 2.05) is 19.1 Å². The summed E-state index contributed by atoms with van der Waals surface area (Å²) in [5, 5.41) is 5.29. The van der Waals surface area contributed by atoms with E-state index in [2.05, 4.69) is 20.6 Å². The lowest BCUT2D eigenvalue weighted by Gasteiger charge is -2.13. The zero-order valence-corrected chi connectivity index (χ0v) is 15.3. The van der Waals surface area contributed by atoms with Gasteiger partial charge in [-0.2, -0.15) is 0 Å². The molecule has 0 atom stereocenters. The fourth-order valence-electron chi connectivity index (χ4n) is 2.53. The molecule has 0 aliphatic carbocycles. The van der Waals surface area contributed by atoms with Gasteiger partial charge in [0.25, 0.3) is 5.91 Å². The molecule has 2 N–H and O–H groups in total. The Hall–Kier alpha value is -3.55. The van der Waals surface area contributed by atoms with Crippen molar-refractivity contribution in [3.05, 3.63) is 71.7 Å². The summed E-state index contributed by atoms with van der Waals surface area (Å²) in [6.45, 7) is 3.97. The minimum absolute atomic E-state index is 0.0356. The van der Waals surface area contributed by atoms with E-state index in [0.29, 0.717) is 29.7 Å². The van der Waals surface area contributed by atoms with Crippen molar-refractivity contribution in [2.24, 2.45) is 0 Å². The number of carbonyl (C=O) groups is 1. The van der Waals surface area contributed by atoms with E-state index in [0.717, 1.165) is 12.1 Å². The van der Waals surface area contributed by atoms with E-state index in [-0.39, 0.29) is 5.69 Å². The highest BCUT2D eigenvalue weighted by molar-refractivity contribution is 6.03. The van der Waals surface area contributed by atoms with Gasteiger partial charge in [0.05, 0.1) is 12.3 Å². The average molecular weight is 384 g/mol. The predicted molar refractivity (Wildman–Crippen MR) is 102 cm³/mol. The van der Waals surface area contributed by atoms with Gasteiger partial charge in [-0.15, -0.1) is 0 Å². The second kappa shape index (κ2) is 8.43. The third kappa shape index (κ3) is 4.40. The van der Waals surface area contributed by atoms with Gasteiger partial charge in [0, 0.05) is 6.07 Å². The van der Waals surface area contributed by atoms with Crippen molar-refractivity contribution < 1.29 is 18.3 Å². The van der Waals surface area contributed by atoms with Crippen LogP contribution in [0, 0.1) is 18.6 Å². The Bertz CT molecular complexity index is 991. The fourth-order valence-corrected chi connectivity index (χ4v) is 2.53. The van der Waals surface area contributed by atoms with Gasteiger partial charge in [0.1, 0.15) is 40.4 Å². The molecule has 0 aliphatic rings. The monoisotopic (exact) mass is 384 g/mol. The van der Waals surface area contributed by atoms with Crippen LogP contribution in [0.1, 0.15) is 23.2 Å². The van der Waals surface area contributed by atoms with Gasteiger partial charge in [-0.25, -0.2) is 18.7 Å². The number of carbonyl (C=O) groups excluding carboxylic acids is 1. The standard InChI is InChI=1S/C20H18F2N4O2/c1-3-28-17-10-5-4-9-15(17)25-18-11-16(23-12(2)24-18)20(27)26-19-13(21)7-6-8-14(19)22/h4-11H,3H2,1-2H3,(H,26,27)(H,23,24,25). The first-order valence-corrected chi connectivity index (χ1v) is 8.58. The van der Waals surface area contributed by atoms with Crippen molar-refractivity contribution in [3.8, 4) is 5.75 Å². The molecule has 0 aliphatic heterocycles. The molecule has 6 nitrogen and oxygen atoms in total. The fraction of sp³-hybridized carbons (Fsp3) is 0.150. The topological polar surface area (TPSA) is 76.1 Å². The van der Waals surface area contributed by atoms with E-state index in [1.165, 1.54) is 12.1 Å². The third-order valence-corrected chi connectivity index (χ3v) is 3.72. The van der Waals surface area contributed by atoms with Gasteiger partial charge in [-0.1, -0.05) is 18.2 Å². The quantitative estimate of drug-likeness (QED) is 0.656. The first-order valence-electron chi connectivity index (χ1n) is 8.58. The first-order chi connectivity index (χ1) is 13.5. The van der Waals surface area contributed by atoms with Crippen LogP contribution in [0.4, 0.5) is 26.0 Å². The molecule has 1 heterocycles. The van der Waals surface area contributed by atoms with E-state index in [9.17, 15) is 13.6 Å². The SMILES string of the molecule is CCOc1ccccc1Nc1cc(C(=O)Nc2c(F)cccc2F)nc(C)n1. The molecule has 0 unspecified atom stereocenters. The highest BCUT2D eigenvalue weighted by Crippen LogP contribution is 2.27. The summed E-state index contributed by atoms with van der Waals surface area (Å²) in [7, 11) is 0. The predicted octanol–water partition coefficient (Wildman–Crippen LogP) is 4.46. The lowest BCUT2D eigenvalue weighted by Crippen LogP contribution is -2.17. The molecule has 0 saturated heterocycles. The van der Waals surface area contributed by atoms with Crippen LogP contribution in [0.5, 0.6) is 5.75 Å². The zero-order valence-electron chi connectivity index (χ0n) is 15.3. The zero-order chi connectivity index (χ0) is 20.1. The summed E-state index contributed by atoms with van der Waals surface area (Å²) in [5.74, 6) is -1.21. The number of ether oxygens (including phenoxy) is 1. The Balaban J connectivity index is 1.87. The molecule has 1 aromatic heterocycles. The summed E-state index contributed by atoms with van der Waals surface area (Å²) in [5.41, 5.74) is 0.0977. The van der Waals surface area contributed by atoms with Gasteiger partial charge < -0.3 is 15.4 Å². The molecule has 28 heavy (non-hydrogen) atoms. The second-order valence-electron chi connectivity index (χ2n) is 5.79. The average Bonchev–Trinajstić information content (AvgIpc) is 2.66. The van der Waals surface area contributed by atoms with Gasteiger partial charge in [0.2, 0.25) is 0 Å². The number of nitrogens with zero attached hydrogens (tertiary/aromatic N) is 2. The Morgan fingerprint density at radius 3 is 2.50 bits per heavy atom. The normalized spacial score (nSPS) is 10.4. The molecular formula is C20H18F2N4O2. The highest BCUT2D eigenvalue weighted by Gasteiger charge is 2.16. The molecule has 0 saturated carbocycles. The number of amides is 1. The lowest BCUT2D eigenvalue weighted by atomic mass is 10.2. The summed E-state index contributed by atoms with van der Waals surface area (Å²) in [6, 6.07) is 12.0. The number of rotatable bonds is 6. The molecule has 0 bridgehead atoms. The number of aryl methyl sites for hydroxylation is 1. The lowest BCUT2D eigenvalue weighted by molar-refractivity contribution is 0.102. The van der Waals surface area contributed by atoms with Crippen molar-refractivity contribution in [2.75, 3.05) is 17.2 Å². The summed E-state index contributed by atoms with van der Waals surface area (Å²) in [6.07, 6.45) is 0. The number of benzene rings is 2. The number of hydrogen-bond donors (Lipinski definition) is 2. The molecule has 3 aromatic rings. The largest absolute Gasteiger partial charge is 0.492 e. The molecule has 2 aromatic carbocycles. The summed E-state index contributed by atoms with van der Waals surface area (Å²) in [4.78, 5) is 20.8.